The standard InChI is InChI=1S/C16H10F8/c1-4(2)6-7(9(17)5(3)10(18)11(6)19)8-12(20)14(22)16(24)15(23)13(8)21/h4H,1-3H3. The lowest BCUT2D eigenvalue weighted by atomic mass is 9.88. The molecule has 0 spiro atoms. The Labute approximate surface area is 131 Å². The topological polar surface area (TPSA) is 0 Å². The lowest BCUT2D eigenvalue weighted by molar-refractivity contribution is 0.380. The molecule has 24 heavy (non-hydrogen) atoms. The minimum Gasteiger partial charge on any atom is -0.206 e. The molecule has 0 radical (unpaired) electrons. The summed E-state index contributed by atoms with van der Waals surface area (Å²) in [5.74, 6) is -17.5. The Morgan fingerprint density at radius 1 is 0.500 bits per heavy atom. The van der Waals surface area contributed by atoms with Gasteiger partial charge in [0.25, 0.3) is 0 Å². The fourth-order valence-corrected chi connectivity index (χ4v) is 2.41. The first-order valence-electron chi connectivity index (χ1n) is 6.71. The molecule has 2 aromatic carbocycles. The largest absolute Gasteiger partial charge is 0.206 e. The van der Waals surface area contributed by atoms with Crippen molar-refractivity contribution in [2.75, 3.05) is 0 Å². The highest BCUT2D eigenvalue weighted by Gasteiger charge is 2.33. The Kier molecular flexibility index (Phi) is 4.61. The minimum atomic E-state index is -2.43. The van der Waals surface area contributed by atoms with E-state index < -0.39 is 74.7 Å². The Bertz CT molecular complexity index is 810. The molecule has 2 aromatic rings. The summed E-state index contributed by atoms with van der Waals surface area (Å²) in [4.78, 5) is 0. The highest BCUT2D eigenvalue weighted by atomic mass is 19.2. The van der Waals surface area contributed by atoms with Crippen LogP contribution in [0.5, 0.6) is 0 Å². The molecular formula is C16H10F8. The van der Waals surface area contributed by atoms with Crippen molar-refractivity contribution in [3.05, 3.63) is 57.7 Å². The molecule has 130 valence electrons. The molecular weight excluding hydrogens is 344 g/mol. The number of hydrogen-bond donors (Lipinski definition) is 0. The van der Waals surface area contributed by atoms with Gasteiger partial charge in [-0.25, -0.2) is 35.1 Å². The van der Waals surface area contributed by atoms with E-state index in [-0.39, 0.29) is 0 Å². The second-order valence-electron chi connectivity index (χ2n) is 5.46. The van der Waals surface area contributed by atoms with Crippen LogP contribution in [0.25, 0.3) is 11.1 Å². The zero-order valence-corrected chi connectivity index (χ0v) is 12.6. The van der Waals surface area contributed by atoms with E-state index in [0.717, 1.165) is 6.92 Å². The van der Waals surface area contributed by atoms with Crippen LogP contribution in [0.1, 0.15) is 30.9 Å². The Hall–Kier alpha value is -2.12. The zero-order valence-electron chi connectivity index (χ0n) is 12.6. The number of benzene rings is 2. The number of hydrogen-bond acceptors (Lipinski definition) is 0. The van der Waals surface area contributed by atoms with Crippen LogP contribution in [-0.2, 0) is 0 Å². The third-order valence-electron chi connectivity index (χ3n) is 3.61. The van der Waals surface area contributed by atoms with Crippen molar-refractivity contribution in [3.8, 4) is 11.1 Å². The molecule has 0 N–H and O–H groups in total. The molecule has 2 rings (SSSR count). The van der Waals surface area contributed by atoms with Gasteiger partial charge < -0.3 is 0 Å². The van der Waals surface area contributed by atoms with Crippen molar-refractivity contribution in [1.82, 2.24) is 0 Å². The molecule has 0 saturated heterocycles. The van der Waals surface area contributed by atoms with Crippen LogP contribution in [0.2, 0.25) is 0 Å². The SMILES string of the molecule is Cc1c(F)c(F)c(C(C)C)c(-c2c(F)c(F)c(F)c(F)c2F)c1F. The second kappa shape index (κ2) is 6.07. The normalized spacial score (nSPS) is 11.5. The Morgan fingerprint density at radius 2 is 0.917 bits per heavy atom. The first kappa shape index (κ1) is 18.2. The second-order valence-corrected chi connectivity index (χ2v) is 5.46. The van der Waals surface area contributed by atoms with Crippen molar-refractivity contribution in [2.24, 2.45) is 0 Å². The van der Waals surface area contributed by atoms with E-state index in [4.69, 9.17) is 0 Å². The number of halogens is 8. The van der Waals surface area contributed by atoms with E-state index in [9.17, 15) is 35.1 Å². The molecule has 0 bridgehead atoms. The van der Waals surface area contributed by atoms with Crippen LogP contribution < -0.4 is 0 Å². The summed E-state index contributed by atoms with van der Waals surface area (Å²) in [5, 5.41) is 0. The maximum absolute atomic E-state index is 14.4. The molecule has 0 aromatic heterocycles. The van der Waals surface area contributed by atoms with E-state index in [0.29, 0.717) is 0 Å². The van der Waals surface area contributed by atoms with Crippen LogP contribution in [0.3, 0.4) is 0 Å². The highest BCUT2D eigenvalue weighted by molar-refractivity contribution is 5.71. The summed E-state index contributed by atoms with van der Waals surface area (Å²) in [6.07, 6.45) is 0. The van der Waals surface area contributed by atoms with E-state index in [1.807, 2.05) is 0 Å². The quantitative estimate of drug-likeness (QED) is 0.358. The van der Waals surface area contributed by atoms with E-state index in [2.05, 4.69) is 0 Å². The molecule has 0 saturated carbocycles. The van der Waals surface area contributed by atoms with Crippen molar-refractivity contribution in [3.63, 3.8) is 0 Å². The first-order valence-corrected chi connectivity index (χ1v) is 6.71. The van der Waals surface area contributed by atoms with Gasteiger partial charge in [-0.1, -0.05) is 13.8 Å². The summed E-state index contributed by atoms with van der Waals surface area (Å²) in [5.41, 5.74) is -4.57. The van der Waals surface area contributed by atoms with Crippen molar-refractivity contribution in [2.45, 2.75) is 26.7 Å². The van der Waals surface area contributed by atoms with Gasteiger partial charge in [0.2, 0.25) is 5.82 Å². The maximum atomic E-state index is 14.4. The molecule has 8 heteroatoms. The van der Waals surface area contributed by atoms with Crippen LogP contribution in [0.15, 0.2) is 0 Å². The zero-order chi connectivity index (χ0) is 18.5. The predicted octanol–water partition coefficient (Wildman–Crippen LogP) is 5.90. The van der Waals surface area contributed by atoms with Gasteiger partial charge in [0.15, 0.2) is 34.9 Å². The average molecular weight is 354 g/mol. The molecule has 0 heterocycles. The van der Waals surface area contributed by atoms with Crippen LogP contribution in [-0.4, -0.2) is 0 Å². The van der Waals surface area contributed by atoms with Crippen molar-refractivity contribution >= 4 is 0 Å². The van der Waals surface area contributed by atoms with Gasteiger partial charge in [-0.05, 0) is 12.8 Å². The lowest BCUT2D eigenvalue weighted by Gasteiger charge is -2.19. The Morgan fingerprint density at radius 3 is 1.33 bits per heavy atom. The third kappa shape index (κ3) is 2.44. The minimum absolute atomic E-state index is 0.785. The smallest absolute Gasteiger partial charge is 0.200 e. The van der Waals surface area contributed by atoms with E-state index >= 15 is 0 Å². The van der Waals surface area contributed by atoms with Gasteiger partial charge in [-0.15, -0.1) is 0 Å². The molecule has 0 aliphatic carbocycles. The van der Waals surface area contributed by atoms with Gasteiger partial charge in [-0.3, -0.25) is 0 Å². The van der Waals surface area contributed by atoms with E-state index in [1.165, 1.54) is 13.8 Å². The third-order valence-corrected chi connectivity index (χ3v) is 3.61. The van der Waals surface area contributed by atoms with Gasteiger partial charge in [0.1, 0.15) is 5.82 Å². The highest BCUT2D eigenvalue weighted by Crippen LogP contribution is 2.40. The summed E-state index contributed by atoms with van der Waals surface area (Å²) >= 11 is 0. The predicted molar refractivity (Wildman–Crippen MR) is 70.4 cm³/mol. The van der Waals surface area contributed by atoms with Gasteiger partial charge in [0, 0.05) is 16.7 Å². The lowest BCUT2D eigenvalue weighted by Crippen LogP contribution is -2.11. The van der Waals surface area contributed by atoms with Crippen LogP contribution in [0, 0.1) is 53.5 Å². The molecule has 0 atom stereocenters. The fraction of sp³-hybridized carbons (Fsp3) is 0.250. The monoisotopic (exact) mass is 354 g/mol. The van der Waals surface area contributed by atoms with Gasteiger partial charge >= 0.3 is 0 Å². The molecule has 0 aliphatic heterocycles. The molecule has 0 fully saturated rings. The fourth-order valence-electron chi connectivity index (χ4n) is 2.41. The molecule has 0 aliphatic rings. The average Bonchev–Trinajstić information content (AvgIpc) is 2.53. The Balaban J connectivity index is 3.10. The summed E-state index contributed by atoms with van der Waals surface area (Å²) < 4.78 is 110. The van der Waals surface area contributed by atoms with Gasteiger partial charge in [0.05, 0.1) is 5.56 Å². The van der Waals surface area contributed by atoms with Crippen LogP contribution in [0.4, 0.5) is 35.1 Å². The van der Waals surface area contributed by atoms with Crippen LogP contribution >= 0.6 is 0 Å². The van der Waals surface area contributed by atoms with E-state index in [1.54, 1.807) is 0 Å². The maximum Gasteiger partial charge on any atom is 0.200 e. The first-order chi connectivity index (χ1) is 11.0. The van der Waals surface area contributed by atoms with Gasteiger partial charge in [-0.2, -0.15) is 0 Å². The summed E-state index contributed by atoms with van der Waals surface area (Å²) in [7, 11) is 0. The molecule has 0 unspecified atom stereocenters. The van der Waals surface area contributed by atoms with Crippen molar-refractivity contribution in [1.29, 1.82) is 0 Å². The molecule has 0 nitrogen and oxygen atoms in total. The molecule has 0 amide bonds. The summed E-state index contributed by atoms with van der Waals surface area (Å²) in [6.45, 7) is 3.29. The number of rotatable bonds is 2. The van der Waals surface area contributed by atoms with Crippen molar-refractivity contribution < 1.29 is 35.1 Å². The summed E-state index contributed by atoms with van der Waals surface area (Å²) in [6, 6.07) is 0.